The molecule has 4 atom stereocenters. The number of piperidine rings is 1. The van der Waals surface area contributed by atoms with Gasteiger partial charge in [0, 0.05) is 6.54 Å². The molecule has 0 saturated carbocycles. The fourth-order valence-electron chi connectivity index (χ4n) is 2.87. The van der Waals surface area contributed by atoms with Crippen molar-refractivity contribution in [1.29, 1.82) is 0 Å². The number of alkyl halides is 3. The number of aliphatic hydroxyl groups is 1. The van der Waals surface area contributed by atoms with Gasteiger partial charge in [0.2, 0.25) is 11.8 Å². The SMILES string of the molecule is O=C(NCc1cccc(C(F)(F)F)c1)C1C(=O)NC2C=CSC2C1O. The number of hydrogen-bond acceptors (Lipinski definition) is 4. The molecule has 1 aromatic rings. The van der Waals surface area contributed by atoms with E-state index in [2.05, 4.69) is 10.6 Å². The van der Waals surface area contributed by atoms with E-state index in [9.17, 15) is 27.9 Å². The summed E-state index contributed by atoms with van der Waals surface area (Å²) in [7, 11) is 0. The van der Waals surface area contributed by atoms with Crippen molar-refractivity contribution in [3.8, 4) is 0 Å². The lowest BCUT2D eigenvalue weighted by atomic mass is 9.89. The molecule has 25 heavy (non-hydrogen) atoms. The maximum absolute atomic E-state index is 12.7. The number of aliphatic hydroxyl groups excluding tert-OH is 1. The molecule has 4 unspecified atom stereocenters. The van der Waals surface area contributed by atoms with E-state index in [1.54, 1.807) is 11.5 Å². The van der Waals surface area contributed by atoms with Crippen LogP contribution in [0.2, 0.25) is 0 Å². The molecule has 3 rings (SSSR count). The zero-order valence-corrected chi connectivity index (χ0v) is 13.6. The number of amides is 2. The van der Waals surface area contributed by atoms with Crippen LogP contribution >= 0.6 is 11.8 Å². The van der Waals surface area contributed by atoms with Gasteiger partial charge >= 0.3 is 6.18 Å². The van der Waals surface area contributed by atoms with Crippen molar-refractivity contribution in [2.24, 2.45) is 5.92 Å². The molecule has 134 valence electrons. The van der Waals surface area contributed by atoms with Gasteiger partial charge in [-0.05, 0) is 23.1 Å². The average molecular weight is 372 g/mol. The summed E-state index contributed by atoms with van der Waals surface area (Å²) in [5.41, 5.74) is -0.561. The molecule has 0 radical (unpaired) electrons. The lowest BCUT2D eigenvalue weighted by Gasteiger charge is -2.35. The molecule has 0 bridgehead atoms. The fourth-order valence-corrected chi connectivity index (χ4v) is 3.96. The van der Waals surface area contributed by atoms with E-state index in [1.807, 2.05) is 0 Å². The second-order valence-corrected chi connectivity index (χ2v) is 6.94. The van der Waals surface area contributed by atoms with E-state index in [4.69, 9.17) is 0 Å². The number of halogens is 3. The smallest absolute Gasteiger partial charge is 0.390 e. The first kappa shape index (κ1) is 17.8. The number of rotatable bonds is 3. The van der Waals surface area contributed by atoms with Gasteiger partial charge in [-0.15, -0.1) is 11.8 Å². The number of fused-ring (bicyclic) bond motifs is 1. The maximum atomic E-state index is 12.7. The monoisotopic (exact) mass is 372 g/mol. The molecule has 2 heterocycles. The molecular weight excluding hydrogens is 357 g/mol. The third-order valence-corrected chi connectivity index (χ3v) is 5.35. The highest BCUT2D eigenvalue weighted by molar-refractivity contribution is 8.03. The number of hydrogen-bond donors (Lipinski definition) is 3. The van der Waals surface area contributed by atoms with Gasteiger partial charge in [0.15, 0.2) is 0 Å². The minimum Gasteiger partial charge on any atom is -0.390 e. The Bertz CT molecular complexity index is 723. The molecule has 0 aliphatic carbocycles. The zero-order valence-electron chi connectivity index (χ0n) is 12.8. The third kappa shape index (κ3) is 3.67. The van der Waals surface area contributed by atoms with Crippen molar-refractivity contribution in [2.75, 3.05) is 0 Å². The van der Waals surface area contributed by atoms with Crippen molar-refractivity contribution in [1.82, 2.24) is 10.6 Å². The zero-order chi connectivity index (χ0) is 18.2. The van der Waals surface area contributed by atoms with Crippen LogP contribution < -0.4 is 10.6 Å². The van der Waals surface area contributed by atoms with Crippen LogP contribution in [0.5, 0.6) is 0 Å². The third-order valence-electron chi connectivity index (χ3n) is 4.15. The Labute approximate surface area is 145 Å². The van der Waals surface area contributed by atoms with Gasteiger partial charge in [0.1, 0.15) is 5.92 Å². The summed E-state index contributed by atoms with van der Waals surface area (Å²) in [4.78, 5) is 24.3. The minimum absolute atomic E-state index is 0.168. The van der Waals surface area contributed by atoms with E-state index in [0.717, 1.165) is 12.1 Å². The van der Waals surface area contributed by atoms with Crippen LogP contribution in [0.3, 0.4) is 0 Å². The maximum Gasteiger partial charge on any atom is 0.416 e. The Morgan fingerprint density at radius 2 is 2.12 bits per heavy atom. The highest BCUT2D eigenvalue weighted by Gasteiger charge is 2.47. The summed E-state index contributed by atoms with van der Waals surface area (Å²) < 4.78 is 38.1. The van der Waals surface area contributed by atoms with Gasteiger partial charge in [-0.3, -0.25) is 9.59 Å². The second-order valence-electron chi connectivity index (χ2n) is 5.85. The van der Waals surface area contributed by atoms with Gasteiger partial charge in [0.25, 0.3) is 0 Å². The van der Waals surface area contributed by atoms with Crippen LogP contribution in [0.15, 0.2) is 35.7 Å². The molecule has 5 nitrogen and oxygen atoms in total. The number of carbonyl (C=O) groups excluding carboxylic acids is 2. The predicted molar refractivity (Wildman–Crippen MR) is 85.2 cm³/mol. The number of benzene rings is 1. The van der Waals surface area contributed by atoms with Gasteiger partial charge in [-0.1, -0.05) is 18.2 Å². The molecule has 0 spiro atoms. The Morgan fingerprint density at radius 1 is 1.36 bits per heavy atom. The lowest BCUT2D eigenvalue weighted by molar-refractivity contribution is -0.143. The molecule has 9 heteroatoms. The number of thioether (sulfide) groups is 1. The predicted octanol–water partition coefficient (Wildman–Crippen LogP) is 1.43. The van der Waals surface area contributed by atoms with E-state index in [-0.39, 0.29) is 23.4 Å². The van der Waals surface area contributed by atoms with Crippen molar-refractivity contribution >= 4 is 23.6 Å². The van der Waals surface area contributed by atoms with Gasteiger partial charge in [-0.25, -0.2) is 0 Å². The highest BCUT2D eigenvalue weighted by Crippen LogP contribution is 2.34. The quantitative estimate of drug-likeness (QED) is 0.702. The Hall–Kier alpha value is -2.00. The second kappa shape index (κ2) is 6.72. The molecular formula is C16H15F3N2O3S. The van der Waals surface area contributed by atoms with Crippen LogP contribution in [0.25, 0.3) is 0 Å². The highest BCUT2D eigenvalue weighted by atomic mass is 32.2. The summed E-state index contributed by atoms with van der Waals surface area (Å²) in [6, 6.07) is 4.25. The first-order valence-electron chi connectivity index (χ1n) is 7.52. The minimum atomic E-state index is -4.47. The van der Waals surface area contributed by atoms with Gasteiger partial charge in [0.05, 0.1) is 23.0 Å². The Morgan fingerprint density at radius 3 is 2.84 bits per heavy atom. The largest absolute Gasteiger partial charge is 0.416 e. The van der Waals surface area contributed by atoms with Crippen LogP contribution in [-0.2, 0) is 22.3 Å². The van der Waals surface area contributed by atoms with E-state index in [1.165, 1.54) is 23.9 Å². The number of carbonyl (C=O) groups is 2. The molecule has 2 aliphatic heterocycles. The molecule has 0 aromatic heterocycles. The topological polar surface area (TPSA) is 78.4 Å². The molecule has 1 aromatic carbocycles. The first-order chi connectivity index (χ1) is 11.8. The van der Waals surface area contributed by atoms with Gasteiger partial charge < -0.3 is 15.7 Å². The van der Waals surface area contributed by atoms with Crippen LogP contribution in [-0.4, -0.2) is 34.3 Å². The van der Waals surface area contributed by atoms with E-state index < -0.39 is 35.6 Å². The summed E-state index contributed by atoms with van der Waals surface area (Å²) >= 11 is 1.33. The molecule has 1 saturated heterocycles. The average Bonchev–Trinajstić information content (AvgIpc) is 3.01. The van der Waals surface area contributed by atoms with E-state index in [0.29, 0.717) is 0 Å². The summed E-state index contributed by atoms with van der Waals surface area (Å²) in [5, 5.41) is 16.8. The van der Waals surface area contributed by atoms with Crippen molar-refractivity contribution < 1.29 is 27.9 Å². The van der Waals surface area contributed by atoms with Crippen molar-refractivity contribution in [3.05, 3.63) is 46.9 Å². The Balaban J connectivity index is 1.65. The van der Waals surface area contributed by atoms with Crippen molar-refractivity contribution in [3.63, 3.8) is 0 Å². The lowest BCUT2D eigenvalue weighted by Crippen LogP contribution is -2.60. The van der Waals surface area contributed by atoms with Crippen LogP contribution in [0.4, 0.5) is 13.2 Å². The molecule has 2 amide bonds. The first-order valence-corrected chi connectivity index (χ1v) is 8.46. The van der Waals surface area contributed by atoms with Crippen LogP contribution in [0.1, 0.15) is 11.1 Å². The molecule has 3 N–H and O–H groups in total. The Kier molecular flexibility index (Phi) is 4.79. The molecule has 2 aliphatic rings. The summed E-state index contributed by atoms with van der Waals surface area (Å²) in [6.07, 6.45) is -3.89. The normalized spacial score (nSPS) is 28.4. The number of nitrogens with one attached hydrogen (secondary N) is 2. The van der Waals surface area contributed by atoms with Gasteiger partial charge in [-0.2, -0.15) is 13.2 Å². The van der Waals surface area contributed by atoms with E-state index >= 15 is 0 Å². The van der Waals surface area contributed by atoms with Crippen molar-refractivity contribution in [2.45, 2.75) is 30.1 Å². The standard InChI is InChI=1S/C16H15F3N2O3S/c17-16(18,19)9-3-1-2-8(6-9)7-20-14(23)11-12(22)13-10(4-5-25-13)21-15(11)24/h1-6,10-13,22H,7H2,(H,20,23)(H,21,24). The summed E-state index contributed by atoms with van der Waals surface area (Å²) in [5.74, 6) is -2.60. The summed E-state index contributed by atoms with van der Waals surface area (Å²) in [6.45, 7) is -0.168. The fraction of sp³-hybridized carbons (Fsp3) is 0.375. The molecule has 1 fully saturated rings. The van der Waals surface area contributed by atoms with Crippen LogP contribution in [0, 0.1) is 5.92 Å².